The number of ether oxygens (including phenoxy) is 2. The largest absolute Gasteiger partial charge is 0.502 e. The topological polar surface area (TPSA) is 171 Å². The number of phenols is 1. The highest BCUT2D eigenvalue weighted by atomic mass is 16.5. The van der Waals surface area contributed by atoms with Crippen molar-refractivity contribution in [3.05, 3.63) is 17.7 Å². The zero-order chi connectivity index (χ0) is 20.7. The van der Waals surface area contributed by atoms with Gasteiger partial charge in [0.15, 0.2) is 11.5 Å². The first-order valence-electron chi connectivity index (χ1n) is 7.88. The number of aromatic hydroxyl groups is 1. The molecule has 3 atom stereocenters. The molecule has 150 valence electrons. The molecule has 0 radical (unpaired) electrons. The van der Waals surface area contributed by atoms with Crippen LogP contribution in [0.1, 0.15) is 12.0 Å². The Morgan fingerprint density at radius 3 is 2.00 bits per heavy atom. The summed E-state index contributed by atoms with van der Waals surface area (Å²) in [5.41, 5.74) is 0.478. The molecule has 27 heavy (non-hydrogen) atoms. The van der Waals surface area contributed by atoms with Crippen LogP contribution in [-0.4, -0.2) is 82.0 Å². The second-order valence-electron chi connectivity index (χ2n) is 5.65. The summed E-state index contributed by atoms with van der Waals surface area (Å²) < 4.78 is 9.94. The lowest BCUT2D eigenvalue weighted by atomic mass is 9.97. The van der Waals surface area contributed by atoms with Gasteiger partial charge in [0.2, 0.25) is 17.3 Å². The van der Waals surface area contributed by atoms with Crippen LogP contribution < -0.4 is 9.47 Å². The molecule has 1 rings (SSSR count). The number of hydrogen-bond donors (Lipinski definition) is 5. The molecule has 1 aromatic carbocycles. The van der Waals surface area contributed by atoms with Gasteiger partial charge in [-0.3, -0.25) is 14.4 Å². The number of aliphatic hydroxyl groups excluding tert-OH is 4. The molecule has 10 heteroatoms. The van der Waals surface area contributed by atoms with E-state index in [4.69, 9.17) is 14.6 Å². The van der Waals surface area contributed by atoms with Crippen LogP contribution in [0.5, 0.6) is 17.2 Å². The monoisotopic (exact) mass is 386 g/mol. The van der Waals surface area contributed by atoms with E-state index in [0.717, 1.165) is 0 Å². The van der Waals surface area contributed by atoms with Gasteiger partial charge in [-0.2, -0.15) is 0 Å². The molecule has 0 aliphatic heterocycles. The Morgan fingerprint density at radius 2 is 1.56 bits per heavy atom. The van der Waals surface area contributed by atoms with Gasteiger partial charge in [0.1, 0.15) is 18.3 Å². The molecular formula is C17H22O10. The Labute approximate surface area is 154 Å². The Hall–Kier alpha value is -2.53. The number of aliphatic hydroxyl groups is 4. The van der Waals surface area contributed by atoms with Crippen molar-refractivity contribution < 1.29 is 49.4 Å². The van der Waals surface area contributed by atoms with Crippen molar-refractivity contribution in [2.75, 3.05) is 20.8 Å². The van der Waals surface area contributed by atoms with Crippen molar-refractivity contribution in [1.29, 1.82) is 0 Å². The lowest BCUT2D eigenvalue weighted by Gasteiger charge is -2.19. The summed E-state index contributed by atoms with van der Waals surface area (Å²) in [7, 11) is 2.64. The number of phenolic OH excluding ortho intramolecular Hbond substituents is 1. The van der Waals surface area contributed by atoms with Crippen molar-refractivity contribution in [3.63, 3.8) is 0 Å². The van der Waals surface area contributed by atoms with Crippen LogP contribution in [0, 0.1) is 0 Å². The van der Waals surface area contributed by atoms with E-state index >= 15 is 0 Å². The molecule has 10 nitrogen and oxygen atoms in total. The van der Waals surface area contributed by atoms with E-state index in [-0.39, 0.29) is 23.7 Å². The summed E-state index contributed by atoms with van der Waals surface area (Å²) >= 11 is 0. The number of hydrogen-bond acceptors (Lipinski definition) is 10. The minimum atomic E-state index is -2.34. The van der Waals surface area contributed by atoms with Gasteiger partial charge in [0.25, 0.3) is 5.78 Å². The van der Waals surface area contributed by atoms with Gasteiger partial charge in [-0.15, -0.1) is 0 Å². The molecule has 0 aliphatic rings. The summed E-state index contributed by atoms with van der Waals surface area (Å²) in [6.45, 7) is -0.946. The molecule has 0 spiro atoms. The standard InChI is InChI=1S/C17H22O10/c1-26-11-5-8(6-12(27-2)15(11)23)3-4-9(19)13(21)16(24)17(25)14(22)10(20)7-18/h5-6,10,14,17-18,20,22-23,25H,3-4,7H2,1-2H3/t10-,14-,17+/m1/s1. The fraction of sp³-hybridized carbons (Fsp3) is 0.471. The highest BCUT2D eigenvalue weighted by Crippen LogP contribution is 2.37. The maximum Gasteiger partial charge on any atom is 0.266 e. The fourth-order valence-electron chi connectivity index (χ4n) is 2.21. The molecule has 5 N–H and O–H groups in total. The summed E-state index contributed by atoms with van der Waals surface area (Å²) in [5, 5.41) is 46.7. The minimum absolute atomic E-state index is 0.00275. The van der Waals surface area contributed by atoms with Crippen LogP contribution in [0.4, 0.5) is 0 Å². The summed E-state index contributed by atoms with van der Waals surface area (Å²) in [6.07, 6.45) is -6.68. The Balaban J connectivity index is 2.79. The predicted octanol–water partition coefficient (Wildman–Crippen LogP) is -1.88. The summed E-state index contributed by atoms with van der Waals surface area (Å²) in [5.74, 6) is -4.28. The average molecular weight is 386 g/mol. The number of rotatable bonds is 11. The Kier molecular flexibility index (Phi) is 8.32. The van der Waals surface area contributed by atoms with Gasteiger partial charge < -0.3 is 35.0 Å². The van der Waals surface area contributed by atoms with Crippen LogP contribution >= 0.6 is 0 Å². The minimum Gasteiger partial charge on any atom is -0.502 e. The number of carbonyl (C=O) groups excluding carboxylic acids is 3. The molecular weight excluding hydrogens is 364 g/mol. The first-order chi connectivity index (χ1) is 12.7. The maximum absolute atomic E-state index is 11.9. The molecule has 0 aromatic heterocycles. The van der Waals surface area contributed by atoms with Crippen LogP contribution in [0.15, 0.2) is 12.1 Å². The molecule has 0 saturated carbocycles. The quantitative estimate of drug-likeness (QED) is 0.214. The zero-order valence-corrected chi connectivity index (χ0v) is 14.8. The highest BCUT2D eigenvalue weighted by Gasteiger charge is 2.36. The smallest absolute Gasteiger partial charge is 0.266 e. The first kappa shape index (κ1) is 22.5. The van der Waals surface area contributed by atoms with Gasteiger partial charge in [-0.25, -0.2) is 0 Å². The van der Waals surface area contributed by atoms with Gasteiger partial charge in [0.05, 0.1) is 20.8 Å². The normalized spacial score (nSPS) is 14.1. The second kappa shape index (κ2) is 9.97. The van der Waals surface area contributed by atoms with Crippen LogP contribution in [0.2, 0.25) is 0 Å². The lowest BCUT2D eigenvalue weighted by Crippen LogP contribution is -2.47. The van der Waals surface area contributed by atoms with E-state index in [1.807, 2.05) is 0 Å². The summed E-state index contributed by atoms with van der Waals surface area (Å²) in [4.78, 5) is 35.5. The average Bonchev–Trinajstić information content (AvgIpc) is 2.69. The highest BCUT2D eigenvalue weighted by molar-refractivity contribution is 6.64. The molecule has 0 saturated heterocycles. The summed E-state index contributed by atoms with van der Waals surface area (Å²) in [6, 6.07) is 2.85. The molecule has 0 unspecified atom stereocenters. The Morgan fingerprint density at radius 1 is 1.04 bits per heavy atom. The number of methoxy groups -OCH3 is 2. The Bertz CT molecular complexity index is 674. The van der Waals surface area contributed by atoms with Gasteiger partial charge in [0, 0.05) is 6.42 Å². The molecule has 0 fully saturated rings. The van der Waals surface area contributed by atoms with E-state index in [1.54, 1.807) is 0 Å². The molecule has 1 aromatic rings. The number of carbonyl (C=O) groups is 3. The number of ketones is 3. The third-order valence-corrected chi connectivity index (χ3v) is 3.83. The predicted molar refractivity (Wildman–Crippen MR) is 89.7 cm³/mol. The van der Waals surface area contributed by atoms with Gasteiger partial charge in [-0.1, -0.05) is 0 Å². The van der Waals surface area contributed by atoms with Crippen LogP contribution in [0.25, 0.3) is 0 Å². The van der Waals surface area contributed by atoms with Gasteiger partial charge in [-0.05, 0) is 24.1 Å². The SMILES string of the molecule is COc1cc(CCC(=O)C(=O)C(=O)[C@@H](O)[C@H](O)[C@H](O)CO)cc(OC)c1O. The van der Waals surface area contributed by atoms with E-state index in [2.05, 4.69) is 0 Å². The first-order valence-corrected chi connectivity index (χ1v) is 7.88. The molecule has 0 heterocycles. The van der Waals surface area contributed by atoms with Crippen LogP contribution in [-0.2, 0) is 20.8 Å². The fourth-order valence-corrected chi connectivity index (χ4v) is 2.21. The van der Waals surface area contributed by atoms with Gasteiger partial charge >= 0.3 is 0 Å². The second-order valence-corrected chi connectivity index (χ2v) is 5.65. The maximum atomic E-state index is 11.9. The van der Waals surface area contributed by atoms with Crippen molar-refractivity contribution in [2.24, 2.45) is 0 Å². The van der Waals surface area contributed by atoms with E-state index in [9.17, 15) is 34.8 Å². The van der Waals surface area contributed by atoms with Crippen molar-refractivity contribution >= 4 is 17.3 Å². The van der Waals surface area contributed by atoms with Crippen molar-refractivity contribution in [2.45, 2.75) is 31.2 Å². The molecule has 0 amide bonds. The molecule has 0 bridgehead atoms. The van der Waals surface area contributed by atoms with E-state index in [1.165, 1.54) is 26.4 Å². The number of Topliss-reactive ketones (excluding diaryl/α,β-unsaturated/α-hetero) is 3. The zero-order valence-electron chi connectivity index (χ0n) is 14.8. The van der Waals surface area contributed by atoms with Crippen LogP contribution in [0.3, 0.4) is 0 Å². The molecule has 0 aliphatic carbocycles. The van der Waals surface area contributed by atoms with Crippen molar-refractivity contribution in [3.8, 4) is 17.2 Å². The number of benzene rings is 1. The third-order valence-electron chi connectivity index (χ3n) is 3.83. The van der Waals surface area contributed by atoms with E-state index < -0.39 is 48.7 Å². The van der Waals surface area contributed by atoms with Crippen molar-refractivity contribution in [1.82, 2.24) is 0 Å². The third kappa shape index (κ3) is 5.47. The number of aryl methyl sites for hydroxylation is 1. The van der Waals surface area contributed by atoms with E-state index in [0.29, 0.717) is 5.56 Å². The lowest BCUT2D eigenvalue weighted by molar-refractivity contribution is -0.153.